The van der Waals surface area contributed by atoms with Crippen LogP contribution in [-0.4, -0.2) is 24.2 Å². The molecule has 0 spiro atoms. The van der Waals surface area contributed by atoms with Crippen LogP contribution in [0.1, 0.15) is 17.7 Å². The molecule has 0 saturated carbocycles. The minimum Gasteiger partial charge on any atom is -0.490 e. The summed E-state index contributed by atoms with van der Waals surface area (Å²) in [6, 6.07) is 7.62. The van der Waals surface area contributed by atoms with Gasteiger partial charge in [0.15, 0.2) is 11.5 Å². The Balaban J connectivity index is 1.33. The van der Waals surface area contributed by atoms with Gasteiger partial charge < -0.3 is 14.2 Å². The third kappa shape index (κ3) is 4.56. The topological polar surface area (TPSA) is 57.7 Å². The zero-order valence-corrected chi connectivity index (χ0v) is 16.1. The average Bonchev–Trinajstić information content (AvgIpc) is 3.32. The van der Waals surface area contributed by atoms with Crippen molar-refractivity contribution in [2.45, 2.75) is 13.0 Å². The number of thiophene rings is 1. The molecule has 1 aliphatic heterocycles. The number of ether oxygens (including phenoxy) is 3. The van der Waals surface area contributed by atoms with Crippen LogP contribution in [0.15, 0.2) is 46.5 Å². The summed E-state index contributed by atoms with van der Waals surface area (Å²) in [7, 11) is 0. The van der Waals surface area contributed by atoms with Gasteiger partial charge in [-0.3, -0.25) is 0 Å². The van der Waals surface area contributed by atoms with Gasteiger partial charge in [0, 0.05) is 28.8 Å². The van der Waals surface area contributed by atoms with Crippen molar-refractivity contribution in [3.8, 4) is 22.1 Å². The third-order valence-corrected chi connectivity index (χ3v) is 5.49. The molecular formula is C20H17NO4S2. The molecular weight excluding hydrogens is 382 g/mol. The molecule has 0 amide bonds. The Labute approximate surface area is 164 Å². The van der Waals surface area contributed by atoms with E-state index in [1.54, 1.807) is 28.7 Å². The Kier molecular flexibility index (Phi) is 5.50. The highest BCUT2D eigenvalue weighted by atomic mass is 32.1. The minimum absolute atomic E-state index is 0.158. The number of thiazole rings is 1. The highest BCUT2D eigenvalue weighted by Gasteiger charge is 2.10. The van der Waals surface area contributed by atoms with Crippen molar-refractivity contribution >= 4 is 34.7 Å². The van der Waals surface area contributed by atoms with Crippen molar-refractivity contribution in [1.82, 2.24) is 4.98 Å². The third-order valence-electron chi connectivity index (χ3n) is 3.87. The smallest absolute Gasteiger partial charge is 0.331 e. The Morgan fingerprint density at radius 1 is 1.19 bits per heavy atom. The second kappa shape index (κ2) is 8.37. The number of hydrogen-bond donors (Lipinski definition) is 0. The maximum Gasteiger partial charge on any atom is 0.331 e. The number of fused-ring (bicyclic) bond motifs is 1. The molecule has 1 aromatic carbocycles. The van der Waals surface area contributed by atoms with E-state index < -0.39 is 5.97 Å². The van der Waals surface area contributed by atoms with Gasteiger partial charge in [-0.2, -0.15) is 11.3 Å². The molecule has 138 valence electrons. The summed E-state index contributed by atoms with van der Waals surface area (Å²) in [5.41, 5.74) is 2.69. The highest BCUT2D eigenvalue weighted by molar-refractivity contribution is 7.14. The zero-order chi connectivity index (χ0) is 18.5. The molecule has 4 rings (SSSR count). The van der Waals surface area contributed by atoms with Crippen molar-refractivity contribution in [3.05, 3.63) is 57.7 Å². The Morgan fingerprint density at radius 3 is 2.93 bits per heavy atom. The van der Waals surface area contributed by atoms with Crippen molar-refractivity contribution < 1.29 is 19.0 Å². The van der Waals surface area contributed by atoms with Gasteiger partial charge in [0.1, 0.15) is 11.6 Å². The first-order valence-electron chi connectivity index (χ1n) is 8.49. The van der Waals surface area contributed by atoms with Gasteiger partial charge in [0.2, 0.25) is 0 Å². The van der Waals surface area contributed by atoms with E-state index in [9.17, 15) is 4.79 Å². The maximum absolute atomic E-state index is 12.0. The number of hydrogen-bond acceptors (Lipinski definition) is 7. The predicted octanol–water partition coefficient (Wildman–Crippen LogP) is 4.79. The fourth-order valence-corrected chi connectivity index (χ4v) is 4.05. The van der Waals surface area contributed by atoms with Gasteiger partial charge in [0.25, 0.3) is 0 Å². The Bertz CT molecular complexity index is 947. The molecule has 3 heterocycles. The van der Waals surface area contributed by atoms with E-state index in [0.29, 0.717) is 19.0 Å². The first-order chi connectivity index (χ1) is 13.3. The predicted molar refractivity (Wildman–Crippen MR) is 106 cm³/mol. The van der Waals surface area contributed by atoms with Crippen LogP contribution >= 0.6 is 22.7 Å². The van der Waals surface area contributed by atoms with Crippen LogP contribution in [-0.2, 0) is 16.1 Å². The number of carbonyl (C=O) groups excluding carboxylic acids is 1. The quantitative estimate of drug-likeness (QED) is 0.456. The lowest BCUT2D eigenvalue weighted by molar-refractivity contribution is -0.139. The van der Waals surface area contributed by atoms with Crippen LogP contribution < -0.4 is 9.47 Å². The van der Waals surface area contributed by atoms with E-state index in [1.807, 2.05) is 40.4 Å². The molecule has 0 N–H and O–H groups in total. The second-order valence-electron chi connectivity index (χ2n) is 5.85. The van der Waals surface area contributed by atoms with Crippen molar-refractivity contribution in [2.75, 3.05) is 13.2 Å². The van der Waals surface area contributed by atoms with E-state index in [2.05, 4.69) is 4.98 Å². The van der Waals surface area contributed by atoms with Gasteiger partial charge in [-0.15, -0.1) is 11.3 Å². The van der Waals surface area contributed by atoms with Crippen molar-refractivity contribution in [1.29, 1.82) is 0 Å². The first kappa shape index (κ1) is 17.8. The lowest BCUT2D eigenvalue weighted by atomic mass is 10.2. The molecule has 5 nitrogen and oxygen atoms in total. The Morgan fingerprint density at radius 2 is 2.07 bits per heavy atom. The molecule has 1 aliphatic rings. The monoisotopic (exact) mass is 399 g/mol. The summed E-state index contributed by atoms with van der Waals surface area (Å²) < 4.78 is 16.5. The molecule has 0 unspecified atom stereocenters. The van der Waals surface area contributed by atoms with E-state index in [-0.39, 0.29) is 6.61 Å². The summed E-state index contributed by atoms with van der Waals surface area (Å²) in [4.78, 5) is 16.5. The van der Waals surface area contributed by atoms with Gasteiger partial charge in [-0.25, -0.2) is 9.78 Å². The standard InChI is InChI=1S/C20H17NO4S2/c22-19(25-11-16-13-27-20(21-16)15-6-9-26-12-15)5-3-14-2-4-17-18(10-14)24-8-1-7-23-17/h2-6,9-10,12-13H,1,7-8,11H2/b5-3+. The molecule has 7 heteroatoms. The van der Waals surface area contributed by atoms with Crippen LogP contribution in [0.3, 0.4) is 0 Å². The summed E-state index contributed by atoms with van der Waals surface area (Å²) >= 11 is 3.18. The summed E-state index contributed by atoms with van der Waals surface area (Å²) in [5.74, 6) is 1.02. The first-order valence-corrected chi connectivity index (χ1v) is 10.3. The van der Waals surface area contributed by atoms with E-state index >= 15 is 0 Å². The van der Waals surface area contributed by atoms with Crippen LogP contribution in [0, 0.1) is 0 Å². The van der Waals surface area contributed by atoms with Crippen LogP contribution in [0.2, 0.25) is 0 Å². The zero-order valence-electron chi connectivity index (χ0n) is 14.4. The molecule has 0 bridgehead atoms. The number of nitrogens with zero attached hydrogens (tertiary/aromatic N) is 1. The van der Waals surface area contributed by atoms with Gasteiger partial charge in [-0.1, -0.05) is 6.07 Å². The number of benzene rings is 1. The molecule has 0 saturated heterocycles. The highest BCUT2D eigenvalue weighted by Crippen LogP contribution is 2.31. The maximum atomic E-state index is 12.0. The summed E-state index contributed by atoms with van der Waals surface area (Å²) in [5, 5.41) is 6.91. The summed E-state index contributed by atoms with van der Waals surface area (Å²) in [6.45, 7) is 1.44. The van der Waals surface area contributed by atoms with Crippen molar-refractivity contribution in [2.24, 2.45) is 0 Å². The minimum atomic E-state index is -0.410. The number of carbonyl (C=O) groups is 1. The molecule has 2 aromatic heterocycles. The van der Waals surface area contributed by atoms with Gasteiger partial charge >= 0.3 is 5.97 Å². The van der Waals surface area contributed by atoms with Crippen LogP contribution in [0.25, 0.3) is 16.6 Å². The van der Waals surface area contributed by atoms with E-state index in [1.165, 1.54) is 6.08 Å². The number of esters is 1. The van der Waals surface area contributed by atoms with Crippen LogP contribution in [0.4, 0.5) is 0 Å². The SMILES string of the molecule is O=C(/C=C/c1ccc2c(c1)OCCCO2)OCc1csc(-c2ccsc2)n1. The summed E-state index contributed by atoms with van der Waals surface area (Å²) in [6.07, 6.45) is 3.97. The fourth-order valence-electron chi connectivity index (χ4n) is 2.53. The van der Waals surface area contributed by atoms with Crippen LogP contribution in [0.5, 0.6) is 11.5 Å². The van der Waals surface area contributed by atoms with Gasteiger partial charge in [0.05, 0.1) is 18.9 Å². The van der Waals surface area contributed by atoms with E-state index in [0.717, 1.165) is 34.0 Å². The molecule has 27 heavy (non-hydrogen) atoms. The van der Waals surface area contributed by atoms with Crippen molar-refractivity contribution in [3.63, 3.8) is 0 Å². The largest absolute Gasteiger partial charge is 0.490 e. The number of aromatic nitrogens is 1. The molecule has 3 aromatic rings. The lowest BCUT2D eigenvalue weighted by Gasteiger charge is -2.07. The molecule has 0 atom stereocenters. The molecule has 0 radical (unpaired) electrons. The normalized spacial score (nSPS) is 13.5. The molecule has 0 fully saturated rings. The number of rotatable bonds is 5. The fraction of sp³-hybridized carbons (Fsp3) is 0.200. The Hall–Kier alpha value is -2.64. The van der Waals surface area contributed by atoms with Gasteiger partial charge in [-0.05, 0) is 35.2 Å². The lowest BCUT2D eigenvalue weighted by Crippen LogP contribution is -2.01. The second-order valence-corrected chi connectivity index (χ2v) is 7.49. The average molecular weight is 399 g/mol. The molecule has 0 aliphatic carbocycles. The van der Waals surface area contributed by atoms with E-state index in [4.69, 9.17) is 14.2 Å².